The highest BCUT2D eigenvalue weighted by atomic mass is 127. The molecule has 8 nitrogen and oxygen atoms in total. The fraction of sp³-hybridized carbons (Fsp3) is 0.579. The Morgan fingerprint density at radius 3 is 2.36 bits per heavy atom. The zero-order chi connectivity index (χ0) is 20.4. The van der Waals surface area contributed by atoms with Gasteiger partial charge >= 0.3 is 0 Å². The number of hydrogen-bond acceptors (Lipinski definition) is 4. The highest BCUT2D eigenvalue weighted by Gasteiger charge is 2.17. The summed E-state index contributed by atoms with van der Waals surface area (Å²) in [7, 11) is 1.82. The molecule has 9 heteroatoms. The van der Waals surface area contributed by atoms with Crippen LogP contribution in [0.3, 0.4) is 0 Å². The molecule has 0 atom stereocenters. The van der Waals surface area contributed by atoms with Gasteiger partial charge in [-0.05, 0) is 32.8 Å². The van der Waals surface area contributed by atoms with E-state index >= 15 is 0 Å². The minimum absolute atomic E-state index is 0. The van der Waals surface area contributed by atoms with Crippen LogP contribution in [-0.4, -0.2) is 47.4 Å². The standard InChI is InChI=1S/C19H31N5O3.HI/c1-6-7-12-20-18(23(5)14-17(25)22-19(2,3)4)21-13-15-8-10-16(11-9-15)24(26)27;/h8-11H,6-7,12-14H2,1-5H3,(H,20,21)(H,22,25);1H. The third-order valence-electron chi connectivity index (χ3n) is 3.63. The lowest BCUT2D eigenvalue weighted by Gasteiger charge is -2.25. The molecular formula is C19H32IN5O3. The molecule has 0 aliphatic carbocycles. The van der Waals surface area contributed by atoms with E-state index in [4.69, 9.17) is 0 Å². The monoisotopic (exact) mass is 505 g/mol. The number of carbonyl (C=O) groups excluding carboxylic acids is 1. The third-order valence-corrected chi connectivity index (χ3v) is 3.63. The SMILES string of the molecule is CCCCNC(=NCc1ccc([N+](=O)[O-])cc1)N(C)CC(=O)NC(C)(C)C.I. The van der Waals surface area contributed by atoms with Gasteiger partial charge in [0, 0.05) is 31.3 Å². The van der Waals surface area contributed by atoms with Gasteiger partial charge in [0.15, 0.2) is 5.96 Å². The normalized spacial score (nSPS) is 11.4. The van der Waals surface area contributed by atoms with Gasteiger partial charge in [0.1, 0.15) is 0 Å². The third kappa shape index (κ3) is 10.4. The number of unbranched alkanes of at least 4 members (excludes halogenated alkanes) is 1. The number of carbonyl (C=O) groups is 1. The van der Waals surface area contributed by atoms with Gasteiger partial charge in [-0.15, -0.1) is 24.0 Å². The summed E-state index contributed by atoms with van der Waals surface area (Å²) >= 11 is 0. The minimum Gasteiger partial charge on any atom is -0.356 e. The number of amides is 1. The molecule has 0 unspecified atom stereocenters. The van der Waals surface area contributed by atoms with Gasteiger partial charge in [-0.1, -0.05) is 25.5 Å². The van der Waals surface area contributed by atoms with E-state index in [1.54, 1.807) is 17.0 Å². The van der Waals surface area contributed by atoms with E-state index < -0.39 is 4.92 Å². The van der Waals surface area contributed by atoms with E-state index in [1.165, 1.54) is 12.1 Å². The maximum absolute atomic E-state index is 12.2. The van der Waals surface area contributed by atoms with Crippen molar-refractivity contribution in [3.8, 4) is 0 Å². The number of guanidine groups is 1. The first kappa shape index (κ1) is 26.1. The second-order valence-corrected chi connectivity index (χ2v) is 7.50. The lowest BCUT2D eigenvalue weighted by molar-refractivity contribution is -0.384. The molecule has 0 aromatic heterocycles. The molecule has 0 bridgehead atoms. The molecule has 158 valence electrons. The highest BCUT2D eigenvalue weighted by molar-refractivity contribution is 14.0. The lowest BCUT2D eigenvalue weighted by atomic mass is 10.1. The van der Waals surface area contributed by atoms with Crippen LogP contribution in [0.1, 0.15) is 46.1 Å². The van der Waals surface area contributed by atoms with E-state index in [0.29, 0.717) is 12.5 Å². The van der Waals surface area contributed by atoms with Crippen LogP contribution in [0.2, 0.25) is 0 Å². The number of nitrogens with one attached hydrogen (secondary N) is 2. The molecule has 0 aliphatic rings. The fourth-order valence-corrected chi connectivity index (χ4v) is 2.33. The summed E-state index contributed by atoms with van der Waals surface area (Å²) in [5.41, 5.74) is 0.631. The molecule has 1 aromatic carbocycles. The number of nitro groups is 1. The van der Waals surface area contributed by atoms with Crippen molar-refractivity contribution in [1.82, 2.24) is 15.5 Å². The van der Waals surface area contributed by atoms with Crippen LogP contribution in [0.25, 0.3) is 0 Å². The summed E-state index contributed by atoms with van der Waals surface area (Å²) in [4.78, 5) is 28.8. The van der Waals surface area contributed by atoms with Crippen LogP contribution in [-0.2, 0) is 11.3 Å². The Balaban J connectivity index is 0.00000729. The zero-order valence-electron chi connectivity index (χ0n) is 17.3. The van der Waals surface area contributed by atoms with Crippen molar-refractivity contribution in [2.45, 2.75) is 52.6 Å². The topological polar surface area (TPSA) is 99.9 Å². The summed E-state index contributed by atoms with van der Waals surface area (Å²) in [6, 6.07) is 6.32. The van der Waals surface area contributed by atoms with Crippen molar-refractivity contribution in [2.75, 3.05) is 20.1 Å². The van der Waals surface area contributed by atoms with Crippen LogP contribution in [0, 0.1) is 10.1 Å². The van der Waals surface area contributed by atoms with E-state index in [9.17, 15) is 14.9 Å². The van der Waals surface area contributed by atoms with E-state index in [2.05, 4.69) is 22.5 Å². The zero-order valence-corrected chi connectivity index (χ0v) is 19.6. The van der Waals surface area contributed by atoms with Crippen molar-refractivity contribution in [3.63, 3.8) is 0 Å². The molecule has 2 N–H and O–H groups in total. The molecule has 0 radical (unpaired) electrons. The molecule has 0 saturated carbocycles. The molecule has 0 saturated heterocycles. The van der Waals surface area contributed by atoms with Crippen LogP contribution < -0.4 is 10.6 Å². The Bertz CT molecular complexity index is 657. The molecule has 1 rings (SSSR count). The average molecular weight is 505 g/mol. The van der Waals surface area contributed by atoms with Crippen LogP contribution in [0.5, 0.6) is 0 Å². The van der Waals surface area contributed by atoms with Gasteiger partial charge in [0.05, 0.1) is 18.0 Å². The largest absolute Gasteiger partial charge is 0.356 e. The van der Waals surface area contributed by atoms with Crippen molar-refractivity contribution in [1.29, 1.82) is 0 Å². The van der Waals surface area contributed by atoms with Gasteiger partial charge in [-0.2, -0.15) is 0 Å². The van der Waals surface area contributed by atoms with E-state index in [-0.39, 0.29) is 47.7 Å². The quantitative estimate of drug-likeness (QED) is 0.141. The van der Waals surface area contributed by atoms with Gasteiger partial charge < -0.3 is 15.5 Å². The summed E-state index contributed by atoms with van der Waals surface area (Å²) in [6.07, 6.45) is 2.05. The Hall–Kier alpha value is -1.91. The predicted molar refractivity (Wildman–Crippen MR) is 123 cm³/mol. The molecule has 28 heavy (non-hydrogen) atoms. The first-order valence-electron chi connectivity index (χ1n) is 9.16. The second-order valence-electron chi connectivity index (χ2n) is 7.50. The summed E-state index contributed by atoms with van der Waals surface area (Å²) < 4.78 is 0. The average Bonchev–Trinajstić information content (AvgIpc) is 2.56. The number of non-ortho nitro benzene ring substituents is 1. The first-order chi connectivity index (χ1) is 12.6. The molecule has 0 aliphatic heterocycles. The van der Waals surface area contributed by atoms with Crippen molar-refractivity contribution in [2.24, 2.45) is 4.99 Å². The second kappa shape index (κ2) is 12.5. The van der Waals surface area contributed by atoms with Crippen molar-refractivity contribution in [3.05, 3.63) is 39.9 Å². The smallest absolute Gasteiger partial charge is 0.269 e. The number of aliphatic imine (C=N–C) groups is 1. The van der Waals surface area contributed by atoms with Crippen LogP contribution >= 0.6 is 24.0 Å². The van der Waals surface area contributed by atoms with Crippen LogP contribution in [0.4, 0.5) is 5.69 Å². The number of nitrogens with zero attached hydrogens (tertiary/aromatic N) is 3. The summed E-state index contributed by atoms with van der Waals surface area (Å²) in [6.45, 7) is 9.25. The van der Waals surface area contributed by atoms with Gasteiger partial charge in [0.25, 0.3) is 5.69 Å². The first-order valence-corrected chi connectivity index (χ1v) is 9.16. The predicted octanol–water partition coefficient (Wildman–Crippen LogP) is 3.31. The van der Waals surface area contributed by atoms with E-state index in [1.807, 2.05) is 27.8 Å². The Morgan fingerprint density at radius 1 is 1.25 bits per heavy atom. The number of nitro benzene ring substituents is 1. The lowest BCUT2D eigenvalue weighted by Crippen LogP contribution is -2.48. The Morgan fingerprint density at radius 2 is 1.86 bits per heavy atom. The maximum Gasteiger partial charge on any atom is 0.269 e. The van der Waals surface area contributed by atoms with E-state index in [0.717, 1.165) is 24.9 Å². The van der Waals surface area contributed by atoms with Gasteiger partial charge in [-0.3, -0.25) is 14.9 Å². The minimum atomic E-state index is -0.424. The Labute approximate surface area is 184 Å². The van der Waals surface area contributed by atoms with Gasteiger partial charge in [0.2, 0.25) is 5.91 Å². The highest BCUT2D eigenvalue weighted by Crippen LogP contribution is 2.12. The summed E-state index contributed by atoms with van der Waals surface area (Å²) in [5.74, 6) is 0.552. The Kier molecular flexibility index (Phi) is 11.7. The number of rotatable bonds is 8. The number of benzene rings is 1. The molecule has 0 spiro atoms. The molecule has 1 amide bonds. The molecule has 1 aromatic rings. The number of likely N-dealkylation sites (N-methyl/N-ethyl adjacent to an activating group) is 1. The van der Waals surface area contributed by atoms with Crippen molar-refractivity contribution >= 4 is 41.5 Å². The van der Waals surface area contributed by atoms with Gasteiger partial charge in [-0.25, -0.2) is 4.99 Å². The van der Waals surface area contributed by atoms with Crippen molar-refractivity contribution < 1.29 is 9.72 Å². The summed E-state index contributed by atoms with van der Waals surface area (Å²) in [5, 5.41) is 17.0. The molecule has 0 heterocycles. The fourth-order valence-electron chi connectivity index (χ4n) is 2.33. The maximum atomic E-state index is 12.2. The molecule has 0 fully saturated rings. The molecular weight excluding hydrogens is 473 g/mol. The number of hydrogen-bond donors (Lipinski definition) is 2. The van der Waals surface area contributed by atoms with Crippen LogP contribution in [0.15, 0.2) is 29.3 Å². The number of halogens is 1.